The number of halogens is 5. The van der Waals surface area contributed by atoms with Gasteiger partial charge in [-0.05, 0) is 15.9 Å². The van der Waals surface area contributed by atoms with E-state index in [0.29, 0.717) is 0 Å². The molecule has 0 aliphatic heterocycles. The highest BCUT2D eigenvalue weighted by molar-refractivity contribution is 9.10. The summed E-state index contributed by atoms with van der Waals surface area (Å²) in [6.45, 7) is 0. The largest absolute Gasteiger partial charge is 0.433 e. The highest BCUT2D eigenvalue weighted by atomic mass is 79.9. The predicted octanol–water partition coefficient (Wildman–Crippen LogP) is 2.20. The lowest BCUT2D eigenvalue weighted by Crippen LogP contribution is -2.34. The van der Waals surface area contributed by atoms with Crippen molar-refractivity contribution in [1.29, 1.82) is 0 Å². The summed E-state index contributed by atoms with van der Waals surface area (Å²) in [5.41, 5.74) is 0. The zero-order valence-electron chi connectivity index (χ0n) is 4.58. The van der Waals surface area contributed by atoms with Gasteiger partial charge >= 0.3 is 6.18 Å². The van der Waals surface area contributed by atoms with Crippen molar-refractivity contribution in [3.63, 3.8) is 0 Å². The van der Waals surface area contributed by atoms with E-state index in [9.17, 15) is 22.4 Å². The molecule has 1 unspecified atom stereocenters. The summed E-state index contributed by atoms with van der Waals surface area (Å²) in [7, 11) is 0. The minimum absolute atomic E-state index is 0.137. The van der Waals surface area contributed by atoms with E-state index in [1.807, 2.05) is 0 Å². The third-order valence-corrected chi connectivity index (χ3v) is 1.53. The Kier molecular flexibility index (Phi) is 2.82. The van der Waals surface area contributed by atoms with E-state index in [0.717, 1.165) is 0 Å². The van der Waals surface area contributed by atoms with Crippen LogP contribution < -0.4 is 0 Å². The molecule has 6 heteroatoms. The molecule has 0 aliphatic rings. The highest BCUT2D eigenvalue weighted by Crippen LogP contribution is 2.40. The molecule has 0 radical (unpaired) electrons. The van der Waals surface area contributed by atoms with Crippen molar-refractivity contribution >= 4 is 22.2 Å². The van der Waals surface area contributed by atoms with Gasteiger partial charge in [-0.25, -0.2) is 4.39 Å². The molecule has 0 aromatic rings. The van der Waals surface area contributed by atoms with Crippen LogP contribution in [0.5, 0.6) is 0 Å². The second-order valence-electron chi connectivity index (χ2n) is 1.57. The Bertz CT molecular complexity index is 130. The van der Waals surface area contributed by atoms with E-state index in [2.05, 4.69) is 0 Å². The molecule has 0 saturated carbocycles. The van der Waals surface area contributed by atoms with Gasteiger partial charge in [0.2, 0.25) is 0 Å². The first-order valence-electron chi connectivity index (χ1n) is 2.19. The fourth-order valence-electron chi connectivity index (χ4n) is 0.220. The van der Waals surface area contributed by atoms with Gasteiger partial charge in [-0.3, -0.25) is 0 Å². The molecule has 1 nitrogen and oxygen atoms in total. The number of rotatable bonds is 2. The molecule has 60 valence electrons. The Labute approximate surface area is 62.5 Å². The molecule has 0 aromatic heterocycles. The molecule has 0 amide bonds. The molecule has 10 heavy (non-hydrogen) atoms. The van der Waals surface area contributed by atoms with Crippen molar-refractivity contribution in [2.75, 3.05) is 0 Å². The standard InChI is InChI=1S/C4H3BrF4O/c5-3(6,1-2-10)4(7,8)9/h2H,1H2. The average Bonchev–Trinajstić information content (AvgIpc) is 1.61. The first-order chi connectivity index (χ1) is 4.31. The molecular formula is C4H3BrF4O. The monoisotopic (exact) mass is 222 g/mol. The van der Waals surface area contributed by atoms with E-state index in [1.165, 1.54) is 0 Å². The first kappa shape index (κ1) is 9.87. The van der Waals surface area contributed by atoms with Crippen LogP contribution in [0.4, 0.5) is 17.6 Å². The molecular weight excluding hydrogens is 220 g/mol. The van der Waals surface area contributed by atoms with Gasteiger partial charge in [-0.2, -0.15) is 13.2 Å². The van der Waals surface area contributed by atoms with Crippen LogP contribution in [0.1, 0.15) is 6.42 Å². The minimum atomic E-state index is -5.03. The lowest BCUT2D eigenvalue weighted by atomic mass is 10.3. The molecule has 0 N–H and O–H groups in total. The maximum Gasteiger partial charge on any atom is 0.433 e. The second kappa shape index (κ2) is 2.86. The number of carbonyl (C=O) groups excluding carboxylic acids is 1. The van der Waals surface area contributed by atoms with Crippen molar-refractivity contribution < 1.29 is 22.4 Å². The summed E-state index contributed by atoms with van der Waals surface area (Å²) in [5, 5.41) is 0. The van der Waals surface area contributed by atoms with Crippen LogP contribution >= 0.6 is 15.9 Å². The molecule has 0 bridgehead atoms. The van der Waals surface area contributed by atoms with Crippen LogP contribution in [0, 0.1) is 0 Å². The fourth-order valence-corrected chi connectivity index (χ4v) is 0.353. The fraction of sp³-hybridized carbons (Fsp3) is 0.750. The van der Waals surface area contributed by atoms with Crippen LogP contribution in [0.25, 0.3) is 0 Å². The zero-order valence-corrected chi connectivity index (χ0v) is 6.17. The molecule has 0 aliphatic carbocycles. The summed E-state index contributed by atoms with van der Waals surface area (Å²) >= 11 is 1.74. The molecule has 0 aromatic carbocycles. The molecule has 0 spiro atoms. The minimum Gasteiger partial charge on any atom is -0.303 e. The van der Waals surface area contributed by atoms with Crippen LogP contribution in [-0.2, 0) is 4.79 Å². The van der Waals surface area contributed by atoms with Crippen molar-refractivity contribution in [2.45, 2.75) is 17.2 Å². The lowest BCUT2D eigenvalue weighted by molar-refractivity contribution is -0.192. The van der Waals surface area contributed by atoms with Crippen LogP contribution in [0.3, 0.4) is 0 Å². The Hall–Kier alpha value is -0.130. The molecule has 0 heterocycles. The van der Waals surface area contributed by atoms with Crippen molar-refractivity contribution in [3.05, 3.63) is 0 Å². The molecule has 0 rings (SSSR count). The van der Waals surface area contributed by atoms with Crippen molar-refractivity contribution in [1.82, 2.24) is 0 Å². The highest BCUT2D eigenvalue weighted by Gasteiger charge is 2.53. The topological polar surface area (TPSA) is 17.1 Å². The SMILES string of the molecule is O=CCC(F)(Br)C(F)(F)F. The number of alkyl halides is 5. The first-order valence-corrected chi connectivity index (χ1v) is 2.99. The van der Waals surface area contributed by atoms with Crippen LogP contribution in [0.15, 0.2) is 0 Å². The van der Waals surface area contributed by atoms with Crippen molar-refractivity contribution in [2.24, 2.45) is 0 Å². The third kappa shape index (κ3) is 2.24. The second-order valence-corrected chi connectivity index (χ2v) is 2.83. The van der Waals surface area contributed by atoms with Gasteiger partial charge in [-0.1, -0.05) is 0 Å². The van der Waals surface area contributed by atoms with Gasteiger partial charge in [0.25, 0.3) is 4.58 Å². The van der Waals surface area contributed by atoms with Gasteiger partial charge in [0, 0.05) is 0 Å². The quantitative estimate of drug-likeness (QED) is 0.398. The van der Waals surface area contributed by atoms with Gasteiger partial charge in [0.1, 0.15) is 6.29 Å². The van der Waals surface area contributed by atoms with E-state index in [-0.39, 0.29) is 6.29 Å². The van der Waals surface area contributed by atoms with Crippen LogP contribution in [0.2, 0.25) is 0 Å². The molecule has 0 fully saturated rings. The summed E-state index contributed by atoms with van der Waals surface area (Å²) in [5.74, 6) is 0. The van der Waals surface area contributed by atoms with E-state index in [1.54, 1.807) is 15.9 Å². The number of carbonyl (C=O) groups is 1. The summed E-state index contributed by atoms with van der Waals surface area (Å²) in [4.78, 5) is 9.50. The average molecular weight is 223 g/mol. The van der Waals surface area contributed by atoms with Gasteiger partial charge in [0.05, 0.1) is 6.42 Å². The third-order valence-electron chi connectivity index (χ3n) is 0.754. The van der Waals surface area contributed by atoms with E-state index >= 15 is 0 Å². The zero-order chi connectivity index (χ0) is 8.41. The van der Waals surface area contributed by atoms with E-state index in [4.69, 9.17) is 0 Å². The van der Waals surface area contributed by atoms with Gasteiger partial charge in [-0.15, -0.1) is 0 Å². The Morgan fingerprint density at radius 3 is 1.80 bits per heavy atom. The molecule has 1 atom stereocenters. The van der Waals surface area contributed by atoms with Crippen molar-refractivity contribution in [3.8, 4) is 0 Å². The normalized spacial score (nSPS) is 18.1. The predicted molar refractivity (Wildman–Crippen MR) is 29.5 cm³/mol. The lowest BCUT2D eigenvalue weighted by Gasteiger charge is -2.18. The van der Waals surface area contributed by atoms with E-state index < -0.39 is 17.2 Å². The molecule has 0 saturated heterocycles. The Morgan fingerprint density at radius 1 is 1.30 bits per heavy atom. The Balaban J connectivity index is 4.23. The summed E-state index contributed by atoms with van der Waals surface area (Å²) < 4.78 is 42.9. The number of aldehydes is 1. The van der Waals surface area contributed by atoms with Gasteiger partial charge in [0.15, 0.2) is 0 Å². The van der Waals surface area contributed by atoms with Crippen LogP contribution in [-0.4, -0.2) is 17.0 Å². The van der Waals surface area contributed by atoms with Gasteiger partial charge < -0.3 is 4.79 Å². The maximum absolute atomic E-state index is 12.2. The summed E-state index contributed by atoms with van der Waals surface area (Å²) in [6, 6.07) is 0. The number of hydrogen-bond acceptors (Lipinski definition) is 1. The maximum atomic E-state index is 12.2. The Morgan fingerprint density at radius 2 is 1.70 bits per heavy atom. The number of hydrogen-bond donors (Lipinski definition) is 0. The summed E-state index contributed by atoms with van der Waals surface area (Å²) in [6.07, 6.45) is -6.40. The smallest absolute Gasteiger partial charge is 0.303 e.